The Hall–Kier alpha value is -2.23. The van der Waals surface area contributed by atoms with Crippen LogP contribution in [0.3, 0.4) is 0 Å². The molecule has 2 aromatic rings. The minimum atomic E-state index is -3.53. The highest BCUT2D eigenvalue weighted by atomic mass is 32.2. The van der Waals surface area contributed by atoms with Crippen LogP contribution in [0.25, 0.3) is 0 Å². The molecule has 1 aromatic carbocycles. The minimum Gasteiger partial charge on any atom is -0.333 e. The van der Waals surface area contributed by atoms with E-state index in [9.17, 15) is 13.2 Å². The molecule has 1 aliphatic heterocycles. The number of nitrogens with zero attached hydrogens (tertiary/aromatic N) is 4. The van der Waals surface area contributed by atoms with Gasteiger partial charge in [0.05, 0.1) is 4.90 Å². The normalized spacial score (nSPS) is 16.3. The van der Waals surface area contributed by atoms with Crippen LogP contribution in [0.15, 0.2) is 41.6 Å². The monoisotopic (exact) mass is 419 g/mol. The lowest BCUT2D eigenvalue weighted by Gasteiger charge is -2.34. The summed E-state index contributed by atoms with van der Waals surface area (Å²) in [6.07, 6.45) is 3.83. The maximum absolute atomic E-state index is 12.9. The highest BCUT2D eigenvalue weighted by molar-refractivity contribution is 7.89. The SMILES string of the molecule is CC(=O)Nc1ccc(S(=O)(=O)N2CCN(CCn3ccnc3C(C)C)CC2)cc1. The van der Waals surface area contributed by atoms with E-state index in [-0.39, 0.29) is 10.8 Å². The van der Waals surface area contributed by atoms with Crippen molar-refractivity contribution in [2.75, 3.05) is 38.0 Å². The molecule has 3 rings (SSSR count). The summed E-state index contributed by atoms with van der Waals surface area (Å²) in [6, 6.07) is 6.31. The first-order valence-electron chi connectivity index (χ1n) is 9.88. The van der Waals surface area contributed by atoms with E-state index < -0.39 is 10.0 Å². The molecule has 2 heterocycles. The van der Waals surface area contributed by atoms with Crippen LogP contribution in [-0.4, -0.2) is 65.8 Å². The number of anilines is 1. The van der Waals surface area contributed by atoms with Crippen LogP contribution in [-0.2, 0) is 21.4 Å². The fourth-order valence-electron chi connectivity index (χ4n) is 3.52. The first-order valence-corrected chi connectivity index (χ1v) is 11.3. The second kappa shape index (κ2) is 9.06. The van der Waals surface area contributed by atoms with Crippen LogP contribution in [0, 0.1) is 0 Å². The highest BCUT2D eigenvalue weighted by Crippen LogP contribution is 2.20. The molecule has 0 bridgehead atoms. The smallest absolute Gasteiger partial charge is 0.243 e. The maximum atomic E-state index is 12.9. The molecule has 0 aliphatic carbocycles. The van der Waals surface area contributed by atoms with Gasteiger partial charge < -0.3 is 9.88 Å². The maximum Gasteiger partial charge on any atom is 0.243 e. The van der Waals surface area contributed by atoms with Crippen LogP contribution in [0.2, 0.25) is 0 Å². The number of nitrogens with one attached hydrogen (secondary N) is 1. The van der Waals surface area contributed by atoms with E-state index in [1.807, 2.05) is 12.4 Å². The Morgan fingerprint density at radius 3 is 2.34 bits per heavy atom. The van der Waals surface area contributed by atoms with Gasteiger partial charge in [-0.2, -0.15) is 4.31 Å². The summed E-state index contributed by atoms with van der Waals surface area (Å²) in [7, 11) is -3.53. The Bertz CT molecular complexity index is 929. The Kier molecular flexibility index (Phi) is 6.71. The van der Waals surface area contributed by atoms with E-state index in [0.717, 1.165) is 18.9 Å². The van der Waals surface area contributed by atoms with Crippen molar-refractivity contribution in [1.29, 1.82) is 0 Å². The second-order valence-corrected chi connectivity index (χ2v) is 9.52. The molecule has 9 heteroatoms. The molecule has 0 radical (unpaired) electrons. The molecule has 0 spiro atoms. The summed E-state index contributed by atoms with van der Waals surface area (Å²) in [5.41, 5.74) is 0.585. The Morgan fingerprint density at radius 1 is 1.10 bits per heavy atom. The zero-order chi connectivity index (χ0) is 21.0. The number of hydrogen-bond donors (Lipinski definition) is 1. The predicted molar refractivity (Wildman–Crippen MR) is 112 cm³/mol. The van der Waals surface area contributed by atoms with Crippen molar-refractivity contribution in [3.8, 4) is 0 Å². The van der Waals surface area contributed by atoms with Gasteiger partial charge in [0.15, 0.2) is 0 Å². The molecule has 1 N–H and O–H groups in total. The largest absolute Gasteiger partial charge is 0.333 e. The van der Waals surface area contributed by atoms with E-state index >= 15 is 0 Å². The summed E-state index contributed by atoms with van der Waals surface area (Å²) in [6.45, 7) is 9.74. The number of imidazole rings is 1. The summed E-state index contributed by atoms with van der Waals surface area (Å²) in [5.74, 6) is 1.27. The van der Waals surface area contributed by atoms with E-state index in [0.29, 0.717) is 37.8 Å². The fourth-order valence-corrected chi connectivity index (χ4v) is 4.94. The van der Waals surface area contributed by atoms with Crippen molar-refractivity contribution in [1.82, 2.24) is 18.8 Å². The van der Waals surface area contributed by atoms with Gasteiger partial charge in [0, 0.05) is 70.2 Å². The Labute approximate surface area is 172 Å². The van der Waals surface area contributed by atoms with Gasteiger partial charge in [-0.1, -0.05) is 13.8 Å². The van der Waals surface area contributed by atoms with Gasteiger partial charge >= 0.3 is 0 Å². The minimum absolute atomic E-state index is 0.187. The first kappa shape index (κ1) is 21.5. The van der Waals surface area contributed by atoms with Crippen LogP contribution in [0.1, 0.15) is 32.5 Å². The third-order valence-corrected chi connectivity index (χ3v) is 6.98. The Morgan fingerprint density at radius 2 is 1.76 bits per heavy atom. The molecule has 29 heavy (non-hydrogen) atoms. The zero-order valence-electron chi connectivity index (χ0n) is 17.2. The molecule has 1 amide bonds. The molecule has 1 saturated heterocycles. The third-order valence-electron chi connectivity index (χ3n) is 5.06. The Balaban J connectivity index is 1.55. The van der Waals surface area contributed by atoms with Crippen LogP contribution >= 0.6 is 0 Å². The van der Waals surface area contributed by atoms with Gasteiger partial charge in [-0.25, -0.2) is 13.4 Å². The summed E-state index contributed by atoms with van der Waals surface area (Å²) in [5, 5.41) is 2.64. The van der Waals surface area contributed by atoms with Crippen molar-refractivity contribution in [3.05, 3.63) is 42.5 Å². The molecule has 1 fully saturated rings. The second-order valence-electron chi connectivity index (χ2n) is 7.58. The molecule has 158 valence electrons. The lowest BCUT2D eigenvalue weighted by molar-refractivity contribution is -0.114. The van der Waals surface area contributed by atoms with Crippen LogP contribution < -0.4 is 5.32 Å². The number of rotatable bonds is 7. The van der Waals surface area contributed by atoms with Crippen molar-refractivity contribution in [2.24, 2.45) is 0 Å². The van der Waals surface area contributed by atoms with Gasteiger partial charge in [0.25, 0.3) is 0 Å². The van der Waals surface area contributed by atoms with E-state index in [1.54, 1.807) is 24.3 Å². The number of piperazine rings is 1. The van der Waals surface area contributed by atoms with E-state index in [1.165, 1.54) is 11.2 Å². The first-order chi connectivity index (χ1) is 13.8. The molecule has 0 atom stereocenters. The average Bonchev–Trinajstić information content (AvgIpc) is 3.16. The number of amides is 1. The average molecular weight is 420 g/mol. The van der Waals surface area contributed by atoms with Crippen LogP contribution in [0.5, 0.6) is 0 Å². The van der Waals surface area contributed by atoms with Crippen molar-refractivity contribution < 1.29 is 13.2 Å². The standard InChI is InChI=1S/C20H29N5O3S/c1-16(2)20-21-8-9-24(20)13-10-23-11-14-25(15-12-23)29(27,28)19-6-4-18(5-7-19)22-17(3)26/h4-9,16H,10-15H2,1-3H3,(H,22,26). The number of benzene rings is 1. The molecular weight excluding hydrogens is 390 g/mol. The molecule has 8 nitrogen and oxygen atoms in total. The predicted octanol–water partition coefficient (Wildman–Crippen LogP) is 1.97. The molecular formula is C20H29N5O3S. The number of carbonyl (C=O) groups is 1. The lowest BCUT2D eigenvalue weighted by atomic mass is 10.2. The van der Waals surface area contributed by atoms with Gasteiger partial charge in [0.2, 0.25) is 15.9 Å². The number of carbonyl (C=O) groups excluding carboxylic acids is 1. The summed E-state index contributed by atoms with van der Waals surface area (Å²) in [4.78, 5) is 18.1. The van der Waals surface area contributed by atoms with Gasteiger partial charge in [-0.15, -0.1) is 0 Å². The summed E-state index contributed by atoms with van der Waals surface area (Å²) < 4.78 is 29.5. The molecule has 0 saturated carbocycles. The van der Waals surface area contributed by atoms with Crippen LogP contribution in [0.4, 0.5) is 5.69 Å². The highest BCUT2D eigenvalue weighted by Gasteiger charge is 2.28. The zero-order valence-corrected chi connectivity index (χ0v) is 18.0. The molecule has 0 unspecified atom stereocenters. The quantitative estimate of drug-likeness (QED) is 0.741. The molecule has 1 aromatic heterocycles. The van der Waals surface area contributed by atoms with Crippen molar-refractivity contribution in [2.45, 2.75) is 38.1 Å². The van der Waals surface area contributed by atoms with E-state index in [2.05, 4.69) is 33.6 Å². The van der Waals surface area contributed by atoms with Crippen molar-refractivity contribution in [3.63, 3.8) is 0 Å². The van der Waals surface area contributed by atoms with E-state index in [4.69, 9.17) is 0 Å². The van der Waals surface area contributed by atoms with Gasteiger partial charge in [0.1, 0.15) is 5.82 Å². The third kappa shape index (κ3) is 5.23. The fraction of sp³-hybridized carbons (Fsp3) is 0.500. The van der Waals surface area contributed by atoms with Crippen molar-refractivity contribution >= 4 is 21.6 Å². The molecule has 1 aliphatic rings. The number of sulfonamides is 1. The number of aromatic nitrogens is 2. The lowest BCUT2D eigenvalue weighted by Crippen LogP contribution is -2.49. The van der Waals surface area contributed by atoms with Gasteiger partial charge in [-0.05, 0) is 24.3 Å². The van der Waals surface area contributed by atoms with Gasteiger partial charge in [-0.3, -0.25) is 9.69 Å². The topological polar surface area (TPSA) is 87.5 Å². The summed E-state index contributed by atoms with van der Waals surface area (Å²) >= 11 is 0. The number of hydrogen-bond acceptors (Lipinski definition) is 5.